The number of nitrogens with zero attached hydrogens (tertiary/aromatic N) is 6. The number of aromatic nitrogens is 5. The molecule has 2 aliphatic heterocycles. The number of hydrogen-bond acceptors (Lipinski definition) is 8. The largest absolute Gasteiger partial charge is 0.364 e. The first-order valence-electron chi connectivity index (χ1n) is 9.13. The van der Waals surface area contributed by atoms with E-state index < -0.39 is 11.7 Å². The highest BCUT2D eigenvalue weighted by atomic mass is 16.7. The Kier molecular flexibility index (Phi) is 3.95. The molecule has 2 fully saturated rings. The lowest BCUT2D eigenvalue weighted by molar-refractivity contribution is -0.169. The number of carbonyl (C=O) groups excluding carboxylic acids is 1. The van der Waals surface area contributed by atoms with E-state index in [9.17, 15) is 4.79 Å². The van der Waals surface area contributed by atoms with E-state index in [2.05, 4.69) is 19.9 Å². The summed E-state index contributed by atoms with van der Waals surface area (Å²) in [6.07, 6.45) is 8.03. The van der Waals surface area contributed by atoms with E-state index in [1.165, 1.54) is 6.20 Å². The maximum absolute atomic E-state index is 11.4. The van der Waals surface area contributed by atoms with Crippen molar-refractivity contribution in [2.45, 2.75) is 18.6 Å². The SMILES string of the molecule is NC(=O)c1cn2c(-c3nccc(N4CCC5(CC4)OCCO5)n3)cnc2cn1. The van der Waals surface area contributed by atoms with Crippen LogP contribution in [0.2, 0.25) is 0 Å². The van der Waals surface area contributed by atoms with Crippen LogP contribution in [0.1, 0.15) is 23.3 Å². The molecule has 144 valence electrons. The summed E-state index contributed by atoms with van der Waals surface area (Å²) in [7, 11) is 0. The minimum atomic E-state index is -0.602. The van der Waals surface area contributed by atoms with Crippen LogP contribution in [0.4, 0.5) is 5.82 Å². The first-order chi connectivity index (χ1) is 13.6. The Morgan fingerprint density at radius 1 is 1.11 bits per heavy atom. The Hall–Kier alpha value is -3.11. The number of amides is 1. The number of nitrogens with two attached hydrogens (primary N) is 1. The summed E-state index contributed by atoms with van der Waals surface area (Å²) >= 11 is 0. The van der Waals surface area contributed by atoms with Crippen LogP contribution in [0.5, 0.6) is 0 Å². The van der Waals surface area contributed by atoms with Crippen molar-refractivity contribution in [2.24, 2.45) is 5.73 Å². The minimum absolute atomic E-state index is 0.154. The van der Waals surface area contributed by atoms with E-state index in [0.29, 0.717) is 30.4 Å². The molecular formula is C18H19N7O3. The molecule has 3 aromatic heterocycles. The zero-order chi connectivity index (χ0) is 19.1. The summed E-state index contributed by atoms with van der Waals surface area (Å²) < 4.78 is 13.3. The lowest BCUT2D eigenvalue weighted by Gasteiger charge is -2.38. The van der Waals surface area contributed by atoms with Gasteiger partial charge in [-0.15, -0.1) is 0 Å². The summed E-state index contributed by atoms with van der Waals surface area (Å²) in [4.78, 5) is 31.1. The summed E-state index contributed by atoms with van der Waals surface area (Å²) in [6.45, 7) is 2.90. The smallest absolute Gasteiger partial charge is 0.268 e. The Morgan fingerprint density at radius 3 is 2.64 bits per heavy atom. The molecule has 0 unspecified atom stereocenters. The van der Waals surface area contributed by atoms with Crippen molar-refractivity contribution < 1.29 is 14.3 Å². The molecule has 10 nitrogen and oxygen atoms in total. The predicted octanol–water partition coefficient (Wildman–Crippen LogP) is 0.628. The van der Waals surface area contributed by atoms with E-state index in [-0.39, 0.29) is 5.69 Å². The molecule has 0 saturated carbocycles. The highest BCUT2D eigenvalue weighted by molar-refractivity contribution is 5.90. The number of anilines is 1. The van der Waals surface area contributed by atoms with Gasteiger partial charge in [0, 0.05) is 38.3 Å². The van der Waals surface area contributed by atoms with Gasteiger partial charge < -0.3 is 20.1 Å². The maximum Gasteiger partial charge on any atom is 0.268 e. The molecule has 0 bridgehead atoms. The molecular weight excluding hydrogens is 362 g/mol. The molecule has 5 heterocycles. The van der Waals surface area contributed by atoms with Gasteiger partial charge in [-0.1, -0.05) is 0 Å². The van der Waals surface area contributed by atoms with Crippen molar-refractivity contribution in [1.29, 1.82) is 0 Å². The second-order valence-electron chi connectivity index (χ2n) is 6.84. The zero-order valence-electron chi connectivity index (χ0n) is 15.1. The Labute approximate surface area is 160 Å². The molecule has 0 radical (unpaired) electrons. The lowest BCUT2D eigenvalue weighted by Crippen LogP contribution is -2.45. The van der Waals surface area contributed by atoms with Crippen molar-refractivity contribution >= 4 is 17.4 Å². The van der Waals surface area contributed by atoms with E-state index in [1.54, 1.807) is 23.0 Å². The molecule has 0 aliphatic carbocycles. The zero-order valence-corrected chi connectivity index (χ0v) is 15.1. The van der Waals surface area contributed by atoms with Crippen molar-refractivity contribution in [1.82, 2.24) is 24.3 Å². The van der Waals surface area contributed by atoms with E-state index in [0.717, 1.165) is 31.7 Å². The summed E-state index contributed by atoms with van der Waals surface area (Å²) in [5.74, 6) is 0.318. The maximum atomic E-state index is 11.4. The van der Waals surface area contributed by atoms with Crippen molar-refractivity contribution in [2.75, 3.05) is 31.2 Å². The Bertz CT molecular complexity index is 1030. The first-order valence-corrected chi connectivity index (χ1v) is 9.13. The molecule has 2 saturated heterocycles. The standard InChI is InChI=1S/C18H19N7O3/c19-16(26)12-11-25-13(9-22-15(25)10-21-12)17-20-4-1-14(23-17)24-5-2-18(3-6-24)27-7-8-28-18/h1,4,9-11H,2-3,5-8H2,(H2,19,26). The van der Waals surface area contributed by atoms with Crippen LogP contribution in [0, 0.1) is 0 Å². The number of primary amides is 1. The normalized spacial score (nSPS) is 18.8. The van der Waals surface area contributed by atoms with Crippen LogP contribution in [-0.2, 0) is 9.47 Å². The highest BCUT2D eigenvalue weighted by Crippen LogP contribution is 2.33. The number of hydrogen-bond donors (Lipinski definition) is 1. The molecule has 28 heavy (non-hydrogen) atoms. The average Bonchev–Trinajstić information content (AvgIpc) is 3.35. The number of piperidine rings is 1. The van der Waals surface area contributed by atoms with Crippen molar-refractivity contribution in [3.8, 4) is 11.5 Å². The molecule has 2 aliphatic rings. The van der Waals surface area contributed by atoms with Gasteiger partial charge in [0.2, 0.25) is 0 Å². The molecule has 1 spiro atoms. The van der Waals surface area contributed by atoms with Gasteiger partial charge in [0.1, 0.15) is 17.2 Å². The van der Waals surface area contributed by atoms with Gasteiger partial charge in [-0.25, -0.2) is 19.9 Å². The van der Waals surface area contributed by atoms with Crippen LogP contribution >= 0.6 is 0 Å². The van der Waals surface area contributed by atoms with Gasteiger partial charge in [0.25, 0.3) is 5.91 Å². The number of carbonyl (C=O) groups is 1. The number of rotatable bonds is 3. The molecule has 0 atom stereocenters. The van der Waals surface area contributed by atoms with Crippen LogP contribution in [0.3, 0.4) is 0 Å². The topological polar surface area (TPSA) is 121 Å². The van der Waals surface area contributed by atoms with Gasteiger partial charge in [0.15, 0.2) is 17.3 Å². The lowest BCUT2D eigenvalue weighted by atomic mass is 10.0. The fourth-order valence-corrected chi connectivity index (χ4v) is 3.69. The second-order valence-corrected chi connectivity index (χ2v) is 6.84. The third-order valence-electron chi connectivity index (χ3n) is 5.18. The molecule has 1 amide bonds. The van der Waals surface area contributed by atoms with Crippen LogP contribution in [0.15, 0.2) is 30.9 Å². The van der Waals surface area contributed by atoms with E-state index in [4.69, 9.17) is 20.2 Å². The third kappa shape index (κ3) is 2.86. The Balaban J connectivity index is 1.44. The van der Waals surface area contributed by atoms with Crippen LogP contribution < -0.4 is 10.6 Å². The number of fused-ring (bicyclic) bond motifs is 1. The van der Waals surface area contributed by atoms with Gasteiger partial charge in [-0.3, -0.25) is 9.20 Å². The molecule has 10 heteroatoms. The Morgan fingerprint density at radius 2 is 1.89 bits per heavy atom. The van der Waals surface area contributed by atoms with Gasteiger partial charge in [-0.2, -0.15) is 0 Å². The molecule has 0 aromatic carbocycles. The summed E-state index contributed by atoms with van der Waals surface area (Å²) in [5.41, 5.74) is 6.75. The van der Waals surface area contributed by atoms with Gasteiger partial charge in [-0.05, 0) is 6.07 Å². The van der Waals surface area contributed by atoms with Gasteiger partial charge in [0.05, 0.1) is 25.6 Å². The number of imidazole rings is 1. The summed E-state index contributed by atoms with van der Waals surface area (Å²) in [6, 6.07) is 1.89. The van der Waals surface area contributed by atoms with Crippen LogP contribution in [0.25, 0.3) is 17.2 Å². The van der Waals surface area contributed by atoms with E-state index >= 15 is 0 Å². The molecule has 3 aromatic rings. The predicted molar refractivity (Wildman–Crippen MR) is 98.6 cm³/mol. The molecule has 5 rings (SSSR count). The molecule has 2 N–H and O–H groups in total. The highest BCUT2D eigenvalue weighted by Gasteiger charge is 2.40. The van der Waals surface area contributed by atoms with Crippen molar-refractivity contribution in [3.63, 3.8) is 0 Å². The average molecular weight is 381 g/mol. The number of ether oxygens (including phenoxy) is 2. The van der Waals surface area contributed by atoms with Crippen molar-refractivity contribution in [3.05, 3.63) is 36.5 Å². The van der Waals surface area contributed by atoms with E-state index in [1.807, 2.05) is 6.07 Å². The minimum Gasteiger partial charge on any atom is -0.364 e. The third-order valence-corrected chi connectivity index (χ3v) is 5.18. The monoisotopic (exact) mass is 381 g/mol. The fourth-order valence-electron chi connectivity index (χ4n) is 3.69. The first kappa shape index (κ1) is 17.0. The quantitative estimate of drug-likeness (QED) is 0.701. The fraction of sp³-hybridized carbons (Fsp3) is 0.389. The van der Waals surface area contributed by atoms with Crippen LogP contribution in [-0.4, -0.2) is 62.3 Å². The van der Waals surface area contributed by atoms with Gasteiger partial charge >= 0.3 is 0 Å². The summed E-state index contributed by atoms with van der Waals surface area (Å²) in [5, 5.41) is 0. The second kappa shape index (κ2) is 6.50.